The fourth-order valence-corrected chi connectivity index (χ4v) is 3.82. The van der Waals surface area contributed by atoms with Crippen molar-refractivity contribution >= 4 is 27.8 Å². The van der Waals surface area contributed by atoms with Gasteiger partial charge in [0.1, 0.15) is 16.9 Å². The van der Waals surface area contributed by atoms with Gasteiger partial charge >= 0.3 is 0 Å². The summed E-state index contributed by atoms with van der Waals surface area (Å²) >= 11 is 1.51. The molecule has 4 rings (SSSR count). The molecule has 2 heterocycles. The number of aromatic hydroxyl groups is 1. The zero-order chi connectivity index (χ0) is 18.1. The maximum absolute atomic E-state index is 13.0. The van der Waals surface area contributed by atoms with E-state index in [1.54, 1.807) is 30.5 Å². The van der Waals surface area contributed by atoms with Gasteiger partial charge in [-0.05, 0) is 42.3 Å². The molecular formula is C20H15N3O2S. The lowest BCUT2D eigenvalue weighted by Gasteiger charge is -2.02. The normalized spacial score (nSPS) is 11.4. The number of rotatable bonds is 3. The predicted octanol–water partition coefficient (Wildman–Crippen LogP) is 4.02. The Morgan fingerprint density at radius 1 is 1.12 bits per heavy atom. The predicted molar refractivity (Wildman–Crippen MR) is 105 cm³/mol. The van der Waals surface area contributed by atoms with Gasteiger partial charge in [0.2, 0.25) is 0 Å². The summed E-state index contributed by atoms with van der Waals surface area (Å²) in [5.41, 5.74) is 2.49. The van der Waals surface area contributed by atoms with Crippen LogP contribution in [0.15, 0.2) is 70.8 Å². The van der Waals surface area contributed by atoms with E-state index in [2.05, 4.69) is 10.1 Å². The summed E-state index contributed by atoms with van der Waals surface area (Å²) < 4.78 is 1.24. The standard InChI is InChI=1S/C20H15N3O2S/c1-13-17(15-5-3-2-4-6-15)18-19(26-13)21-12-23(20(18)25)22-11-14-7-9-16(24)10-8-14/h2-12,24H,1H3/b22-11+. The summed E-state index contributed by atoms with van der Waals surface area (Å²) in [6.45, 7) is 2.00. The Bertz CT molecular complexity index is 1160. The molecule has 0 aliphatic rings. The summed E-state index contributed by atoms with van der Waals surface area (Å²) in [5, 5.41) is 14.2. The molecule has 128 valence electrons. The van der Waals surface area contributed by atoms with Gasteiger partial charge in [-0.2, -0.15) is 9.78 Å². The first-order chi connectivity index (χ1) is 12.6. The Balaban J connectivity index is 1.84. The SMILES string of the molecule is Cc1sc2ncn(/N=C/c3ccc(O)cc3)c(=O)c2c1-c1ccccc1. The molecule has 26 heavy (non-hydrogen) atoms. The molecule has 0 aliphatic heterocycles. The summed E-state index contributed by atoms with van der Waals surface area (Å²) in [4.78, 5) is 19.2. The Morgan fingerprint density at radius 2 is 1.85 bits per heavy atom. The van der Waals surface area contributed by atoms with Gasteiger partial charge in [-0.15, -0.1) is 11.3 Å². The van der Waals surface area contributed by atoms with Crippen LogP contribution in [0.2, 0.25) is 0 Å². The highest BCUT2D eigenvalue weighted by Crippen LogP contribution is 2.35. The topological polar surface area (TPSA) is 67.5 Å². The van der Waals surface area contributed by atoms with E-state index in [1.807, 2.05) is 37.3 Å². The average Bonchev–Trinajstić information content (AvgIpc) is 3.00. The molecule has 0 atom stereocenters. The third-order valence-corrected chi connectivity index (χ3v) is 5.07. The molecule has 0 spiro atoms. The first-order valence-corrected chi connectivity index (χ1v) is 8.85. The van der Waals surface area contributed by atoms with Gasteiger partial charge in [-0.3, -0.25) is 4.79 Å². The molecule has 0 saturated carbocycles. The second-order valence-corrected chi connectivity index (χ2v) is 7.01. The number of hydrogen-bond acceptors (Lipinski definition) is 5. The van der Waals surface area contributed by atoms with Crippen molar-refractivity contribution in [3.8, 4) is 16.9 Å². The van der Waals surface area contributed by atoms with Crippen molar-refractivity contribution in [2.45, 2.75) is 6.92 Å². The molecular weight excluding hydrogens is 346 g/mol. The maximum Gasteiger partial charge on any atom is 0.283 e. The minimum Gasteiger partial charge on any atom is -0.508 e. The highest BCUT2D eigenvalue weighted by molar-refractivity contribution is 7.19. The third kappa shape index (κ3) is 2.91. The van der Waals surface area contributed by atoms with Crippen molar-refractivity contribution in [2.75, 3.05) is 0 Å². The van der Waals surface area contributed by atoms with Gasteiger partial charge < -0.3 is 5.11 Å². The van der Waals surface area contributed by atoms with Gasteiger partial charge in [0.15, 0.2) is 0 Å². The lowest BCUT2D eigenvalue weighted by molar-refractivity contribution is 0.475. The molecule has 6 heteroatoms. The molecule has 0 amide bonds. The van der Waals surface area contributed by atoms with Crippen molar-refractivity contribution in [2.24, 2.45) is 5.10 Å². The Hall–Kier alpha value is -3.25. The largest absolute Gasteiger partial charge is 0.508 e. The number of thiophene rings is 1. The van der Waals surface area contributed by atoms with E-state index in [4.69, 9.17) is 0 Å². The number of aryl methyl sites for hydroxylation is 1. The second kappa shape index (κ2) is 6.57. The molecule has 0 bridgehead atoms. The van der Waals surface area contributed by atoms with Crippen molar-refractivity contribution in [1.29, 1.82) is 0 Å². The minimum absolute atomic E-state index is 0.184. The summed E-state index contributed by atoms with van der Waals surface area (Å²) in [7, 11) is 0. The van der Waals surface area contributed by atoms with E-state index in [0.717, 1.165) is 21.6 Å². The summed E-state index contributed by atoms with van der Waals surface area (Å²) in [5.74, 6) is 0.184. The summed E-state index contributed by atoms with van der Waals surface area (Å²) in [6, 6.07) is 16.4. The van der Waals surface area contributed by atoms with E-state index in [-0.39, 0.29) is 11.3 Å². The fraction of sp³-hybridized carbons (Fsp3) is 0.0500. The molecule has 0 radical (unpaired) electrons. The number of fused-ring (bicyclic) bond motifs is 1. The molecule has 0 aliphatic carbocycles. The quantitative estimate of drug-likeness (QED) is 0.560. The van der Waals surface area contributed by atoms with E-state index in [9.17, 15) is 9.90 Å². The Morgan fingerprint density at radius 3 is 2.58 bits per heavy atom. The molecule has 2 aromatic carbocycles. The van der Waals surface area contributed by atoms with E-state index < -0.39 is 0 Å². The molecule has 0 unspecified atom stereocenters. The van der Waals surface area contributed by atoms with Crippen LogP contribution in [0.25, 0.3) is 21.3 Å². The number of phenols is 1. The molecule has 2 aromatic heterocycles. The van der Waals surface area contributed by atoms with Crippen molar-refractivity contribution in [3.63, 3.8) is 0 Å². The zero-order valence-corrected chi connectivity index (χ0v) is 14.8. The lowest BCUT2D eigenvalue weighted by Crippen LogP contribution is -2.16. The van der Waals surface area contributed by atoms with Crippen LogP contribution in [-0.2, 0) is 0 Å². The Kier molecular flexibility index (Phi) is 4.10. The van der Waals surface area contributed by atoms with Gasteiger partial charge in [-0.25, -0.2) is 4.98 Å². The monoisotopic (exact) mass is 361 g/mol. The first kappa shape index (κ1) is 16.2. The number of phenolic OH excluding ortho intramolecular Hbond substituents is 1. The highest BCUT2D eigenvalue weighted by Gasteiger charge is 2.16. The van der Waals surface area contributed by atoms with Crippen LogP contribution in [0.4, 0.5) is 0 Å². The minimum atomic E-state index is -0.201. The van der Waals surface area contributed by atoms with Crippen LogP contribution in [0.3, 0.4) is 0 Å². The van der Waals surface area contributed by atoms with Crippen LogP contribution in [0.1, 0.15) is 10.4 Å². The van der Waals surface area contributed by atoms with Gasteiger partial charge in [0.25, 0.3) is 5.56 Å². The van der Waals surface area contributed by atoms with Gasteiger partial charge in [0.05, 0.1) is 11.6 Å². The first-order valence-electron chi connectivity index (χ1n) is 8.03. The molecule has 5 nitrogen and oxygen atoms in total. The van der Waals surface area contributed by atoms with Gasteiger partial charge in [-0.1, -0.05) is 30.3 Å². The van der Waals surface area contributed by atoms with Crippen LogP contribution in [-0.4, -0.2) is 21.0 Å². The number of aromatic nitrogens is 2. The molecule has 4 aromatic rings. The smallest absolute Gasteiger partial charge is 0.283 e. The average molecular weight is 361 g/mol. The van der Waals surface area contributed by atoms with Crippen LogP contribution in [0, 0.1) is 6.92 Å². The highest BCUT2D eigenvalue weighted by atomic mass is 32.1. The fourth-order valence-electron chi connectivity index (χ4n) is 2.82. The van der Waals surface area contributed by atoms with Crippen molar-refractivity contribution < 1.29 is 5.11 Å². The molecule has 0 fully saturated rings. The molecule has 0 saturated heterocycles. The molecule has 1 N–H and O–H groups in total. The number of hydrogen-bond donors (Lipinski definition) is 1. The van der Waals surface area contributed by atoms with Gasteiger partial charge in [0, 0.05) is 10.4 Å². The van der Waals surface area contributed by atoms with Crippen LogP contribution < -0.4 is 5.56 Å². The Labute approximate surface area is 153 Å². The van der Waals surface area contributed by atoms with Crippen LogP contribution >= 0.6 is 11.3 Å². The number of nitrogens with zero attached hydrogens (tertiary/aromatic N) is 3. The zero-order valence-electron chi connectivity index (χ0n) is 14.0. The third-order valence-electron chi connectivity index (χ3n) is 4.06. The lowest BCUT2D eigenvalue weighted by atomic mass is 10.0. The van der Waals surface area contributed by atoms with Crippen LogP contribution in [0.5, 0.6) is 5.75 Å². The van der Waals surface area contributed by atoms with Crippen molar-refractivity contribution in [3.05, 3.63) is 81.7 Å². The van der Waals surface area contributed by atoms with E-state index >= 15 is 0 Å². The van der Waals surface area contributed by atoms with E-state index in [0.29, 0.717) is 10.2 Å². The second-order valence-electron chi connectivity index (χ2n) is 5.81. The number of benzene rings is 2. The van der Waals surface area contributed by atoms with E-state index in [1.165, 1.54) is 22.3 Å². The summed E-state index contributed by atoms with van der Waals surface area (Å²) in [6.07, 6.45) is 3.00. The van der Waals surface area contributed by atoms with Crippen molar-refractivity contribution in [1.82, 2.24) is 9.66 Å². The maximum atomic E-state index is 13.0.